The maximum absolute atomic E-state index is 4.62. The second-order valence-corrected chi connectivity index (χ2v) is 5.24. The summed E-state index contributed by atoms with van der Waals surface area (Å²) in [6.45, 7) is 3.31. The largest absolute Gasteiger partial charge is 0.357 e. The molecule has 1 aromatic rings. The van der Waals surface area contributed by atoms with Gasteiger partial charge in [0.25, 0.3) is 0 Å². The van der Waals surface area contributed by atoms with Gasteiger partial charge in [-0.05, 0) is 50.7 Å². The molecule has 96 valence electrons. The summed E-state index contributed by atoms with van der Waals surface area (Å²) in [7, 11) is 0. The van der Waals surface area contributed by atoms with E-state index in [9.17, 15) is 0 Å². The quantitative estimate of drug-likeness (QED) is 0.798. The lowest BCUT2D eigenvalue weighted by Gasteiger charge is -2.27. The number of hydrogen-bond acceptors (Lipinski definition) is 3. The first-order chi connectivity index (χ1) is 8.93. The first-order valence-electron chi connectivity index (χ1n) is 7.18. The highest BCUT2D eigenvalue weighted by molar-refractivity contribution is 6.00. The molecule has 0 aromatic carbocycles. The van der Waals surface area contributed by atoms with Crippen LogP contribution in [0.2, 0.25) is 0 Å². The van der Waals surface area contributed by atoms with Crippen molar-refractivity contribution >= 4 is 11.5 Å². The van der Waals surface area contributed by atoms with Gasteiger partial charge in [-0.25, -0.2) is 4.98 Å². The van der Waals surface area contributed by atoms with Crippen LogP contribution in [-0.2, 0) is 0 Å². The van der Waals surface area contributed by atoms with E-state index in [4.69, 9.17) is 0 Å². The molecule has 0 amide bonds. The fourth-order valence-electron chi connectivity index (χ4n) is 2.80. The number of aliphatic imine (C=N–C) groups is 1. The summed E-state index contributed by atoms with van der Waals surface area (Å²) in [4.78, 5) is 11.6. The molecule has 0 atom stereocenters. The Labute approximate surface area is 109 Å². The Morgan fingerprint density at radius 2 is 1.83 bits per heavy atom. The number of anilines is 1. The number of nitrogens with zero attached hydrogens (tertiary/aromatic N) is 3. The summed E-state index contributed by atoms with van der Waals surface area (Å²) in [5, 5.41) is 0. The van der Waals surface area contributed by atoms with E-state index in [2.05, 4.69) is 27.0 Å². The highest BCUT2D eigenvalue weighted by atomic mass is 15.2. The van der Waals surface area contributed by atoms with E-state index in [1.54, 1.807) is 0 Å². The molecular formula is C15H21N3. The van der Waals surface area contributed by atoms with Crippen LogP contribution < -0.4 is 4.90 Å². The van der Waals surface area contributed by atoms with Crippen LogP contribution in [0.4, 0.5) is 5.82 Å². The normalized spacial score (nSPS) is 20.7. The molecule has 1 aromatic heterocycles. The van der Waals surface area contributed by atoms with Gasteiger partial charge in [0.05, 0.1) is 0 Å². The van der Waals surface area contributed by atoms with Crippen molar-refractivity contribution in [3.05, 3.63) is 23.9 Å². The predicted octanol–water partition coefficient (Wildman–Crippen LogP) is 3.04. The Morgan fingerprint density at radius 3 is 2.50 bits per heavy atom. The van der Waals surface area contributed by atoms with Gasteiger partial charge in [-0.3, -0.25) is 4.99 Å². The molecule has 1 fully saturated rings. The lowest BCUT2D eigenvalue weighted by Crippen LogP contribution is -2.30. The third kappa shape index (κ3) is 2.55. The minimum atomic E-state index is 0.989. The van der Waals surface area contributed by atoms with Gasteiger partial charge in [0, 0.05) is 37.1 Å². The van der Waals surface area contributed by atoms with Crippen molar-refractivity contribution < 1.29 is 0 Å². The minimum absolute atomic E-state index is 0.989. The SMILES string of the molecule is c1cc(N2CCCCC2)ncc1C1=NCCCC1. The van der Waals surface area contributed by atoms with Gasteiger partial charge in [0.1, 0.15) is 5.82 Å². The van der Waals surface area contributed by atoms with Crippen LogP contribution in [-0.4, -0.2) is 30.3 Å². The van der Waals surface area contributed by atoms with Gasteiger partial charge < -0.3 is 4.90 Å². The zero-order valence-electron chi connectivity index (χ0n) is 10.9. The van der Waals surface area contributed by atoms with Crippen LogP contribution in [0.1, 0.15) is 44.1 Å². The summed E-state index contributed by atoms with van der Waals surface area (Å²) in [6.07, 6.45) is 9.60. The maximum Gasteiger partial charge on any atom is 0.128 e. The highest BCUT2D eigenvalue weighted by Crippen LogP contribution is 2.19. The van der Waals surface area contributed by atoms with E-state index in [1.165, 1.54) is 43.4 Å². The standard InChI is InChI=1S/C15H21N3/c1-4-10-18(11-5-1)15-8-7-13(12-17-15)14-6-2-3-9-16-14/h7-8,12H,1-6,9-11H2. The third-order valence-electron chi connectivity index (χ3n) is 3.89. The lowest BCUT2D eigenvalue weighted by atomic mass is 10.0. The fourth-order valence-corrected chi connectivity index (χ4v) is 2.80. The summed E-state index contributed by atoms with van der Waals surface area (Å²) in [6, 6.07) is 4.36. The van der Waals surface area contributed by atoms with Crippen molar-refractivity contribution in [2.45, 2.75) is 38.5 Å². The lowest BCUT2D eigenvalue weighted by molar-refractivity contribution is 0.573. The topological polar surface area (TPSA) is 28.5 Å². The summed E-state index contributed by atoms with van der Waals surface area (Å²) >= 11 is 0. The zero-order chi connectivity index (χ0) is 12.2. The van der Waals surface area contributed by atoms with E-state index in [0.29, 0.717) is 0 Å². The van der Waals surface area contributed by atoms with Crippen LogP contribution in [0.25, 0.3) is 0 Å². The molecule has 0 unspecified atom stereocenters. The molecule has 0 aliphatic carbocycles. The smallest absolute Gasteiger partial charge is 0.128 e. The van der Waals surface area contributed by atoms with Gasteiger partial charge in [-0.15, -0.1) is 0 Å². The average Bonchev–Trinajstić information content (AvgIpc) is 2.49. The molecule has 18 heavy (non-hydrogen) atoms. The Kier molecular flexibility index (Phi) is 3.58. The van der Waals surface area contributed by atoms with E-state index in [1.807, 2.05) is 6.20 Å². The summed E-state index contributed by atoms with van der Waals surface area (Å²) < 4.78 is 0. The van der Waals surface area contributed by atoms with Crippen LogP contribution in [0.5, 0.6) is 0 Å². The number of pyridine rings is 1. The second kappa shape index (κ2) is 5.51. The number of piperidine rings is 1. The van der Waals surface area contributed by atoms with Crippen LogP contribution in [0, 0.1) is 0 Å². The number of hydrogen-bond donors (Lipinski definition) is 0. The third-order valence-corrected chi connectivity index (χ3v) is 3.89. The van der Waals surface area contributed by atoms with Gasteiger partial charge >= 0.3 is 0 Å². The van der Waals surface area contributed by atoms with Crippen molar-refractivity contribution in [2.24, 2.45) is 4.99 Å². The fraction of sp³-hybridized carbons (Fsp3) is 0.600. The highest BCUT2D eigenvalue weighted by Gasteiger charge is 2.13. The molecule has 0 saturated carbocycles. The van der Waals surface area contributed by atoms with Crippen LogP contribution in [0.3, 0.4) is 0 Å². The van der Waals surface area contributed by atoms with Crippen molar-refractivity contribution in [3.8, 4) is 0 Å². The molecule has 0 radical (unpaired) electrons. The van der Waals surface area contributed by atoms with Gasteiger partial charge in [-0.2, -0.15) is 0 Å². The molecule has 2 aliphatic rings. The second-order valence-electron chi connectivity index (χ2n) is 5.24. The van der Waals surface area contributed by atoms with E-state index < -0.39 is 0 Å². The Bertz CT molecular complexity index is 416. The molecule has 3 rings (SSSR count). The predicted molar refractivity (Wildman–Crippen MR) is 75.6 cm³/mol. The van der Waals surface area contributed by atoms with E-state index >= 15 is 0 Å². The monoisotopic (exact) mass is 243 g/mol. The molecule has 0 spiro atoms. The van der Waals surface area contributed by atoms with Crippen LogP contribution >= 0.6 is 0 Å². The molecular weight excluding hydrogens is 222 g/mol. The first kappa shape index (κ1) is 11.7. The molecule has 1 saturated heterocycles. The summed E-state index contributed by atoms with van der Waals surface area (Å²) in [5.41, 5.74) is 2.47. The van der Waals surface area contributed by atoms with Crippen molar-refractivity contribution in [1.29, 1.82) is 0 Å². The van der Waals surface area contributed by atoms with Crippen molar-refractivity contribution in [1.82, 2.24) is 4.98 Å². The van der Waals surface area contributed by atoms with E-state index in [-0.39, 0.29) is 0 Å². The zero-order valence-corrected chi connectivity index (χ0v) is 10.9. The van der Waals surface area contributed by atoms with Crippen molar-refractivity contribution in [3.63, 3.8) is 0 Å². The summed E-state index contributed by atoms with van der Waals surface area (Å²) in [5.74, 6) is 1.13. The van der Waals surface area contributed by atoms with Crippen molar-refractivity contribution in [2.75, 3.05) is 24.5 Å². The molecule has 3 heterocycles. The molecule has 0 N–H and O–H groups in total. The van der Waals surface area contributed by atoms with Gasteiger partial charge in [-0.1, -0.05) is 0 Å². The maximum atomic E-state index is 4.62. The van der Waals surface area contributed by atoms with Gasteiger partial charge in [0.2, 0.25) is 0 Å². The minimum Gasteiger partial charge on any atom is -0.357 e. The molecule has 3 nitrogen and oxygen atoms in total. The Hall–Kier alpha value is -1.38. The van der Waals surface area contributed by atoms with Crippen LogP contribution in [0.15, 0.2) is 23.3 Å². The average molecular weight is 243 g/mol. The van der Waals surface area contributed by atoms with Gasteiger partial charge in [0.15, 0.2) is 0 Å². The molecule has 0 bridgehead atoms. The number of aromatic nitrogens is 1. The first-order valence-corrected chi connectivity index (χ1v) is 7.18. The number of rotatable bonds is 2. The Balaban J connectivity index is 1.73. The molecule has 2 aliphatic heterocycles. The van der Waals surface area contributed by atoms with E-state index in [0.717, 1.165) is 31.9 Å². The Morgan fingerprint density at radius 1 is 0.944 bits per heavy atom. The molecule has 3 heteroatoms.